The molecular formula is C21H23N. The van der Waals surface area contributed by atoms with Gasteiger partial charge in [0.25, 0.3) is 0 Å². The number of allylic oxidation sites excluding steroid dienone is 4. The van der Waals surface area contributed by atoms with E-state index in [9.17, 15) is 0 Å². The van der Waals surface area contributed by atoms with Crippen molar-refractivity contribution in [3.05, 3.63) is 83.5 Å². The molecule has 0 bridgehead atoms. The van der Waals surface area contributed by atoms with Gasteiger partial charge in [0.15, 0.2) is 0 Å². The molecular weight excluding hydrogens is 266 g/mol. The van der Waals surface area contributed by atoms with Gasteiger partial charge in [0, 0.05) is 11.4 Å². The van der Waals surface area contributed by atoms with E-state index in [-0.39, 0.29) is 0 Å². The molecule has 1 heteroatoms. The molecule has 22 heavy (non-hydrogen) atoms. The van der Waals surface area contributed by atoms with E-state index in [0.717, 1.165) is 12.1 Å². The van der Waals surface area contributed by atoms with Crippen LogP contribution in [0.5, 0.6) is 0 Å². The third-order valence-electron chi connectivity index (χ3n) is 4.10. The van der Waals surface area contributed by atoms with Crippen molar-refractivity contribution in [2.24, 2.45) is 0 Å². The predicted octanol–water partition coefficient (Wildman–Crippen LogP) is 5.95. The number of anilines is 2. The molecule has 0 radical (unpaired) electrons. The smallest absolute Gasteiger partial charge is 0.0386 e. The summed E-state index contributed by atoms with van der Waals surface area (Å²) in [5.41, 5.74) is 6.56. The second-order valence-electron chi connectivity index (χ2n) is 5.98. The number of hydrogen-bond acceptors (Lipinski definition) is 1. The molecule has 0 aliphatic heterocycles. The van der Waals surface area contributed by atoms with Crippen molar-refractivity contribution in [2.75, 3.05) is 5.32 Å². The van der Waals surface area contributed by atoms with Crippen LogP contribution in [-0.4, -0.2) is 0 Å². The maximum absolute atomic E-state index is 3.48. The summed E-state index contributed by atoms with van der Waals surface area (Å²) in [6.45, 7) is 2.11. The first-order chi connectivity index (χ1) is 10.8. The van der Waals surface area contributed by atoms with Gasteiger partial charge in [-0.1, -0.05) is 53.6 Å². The Hall–Kier alpha value is -2.28. The number of hydrogen-bond donors (Lipinski definition) is 1. The van der Waals surface area contributed by atoms with Crippen LogP contribution in [0.2, 0.25) is 0 Å². The SMILES string of the molecule is Cc1ccc(Nc2cccc(CCC3=CC=CCC3)c2)cc1. The molecule has 1 nitrogen and oxygen atoms in total. The van der Waals surface area contributed by atoms with E-state index in [1.54, 1.807) is 5.57 Å². The molecule has 2 aromatic rings. The first-order valence-corrected chi connectivity index (χ1v) is 8.07. The lowest BCUT2D eigenvalue weighted by Crippen LogP contribution is -1.94. The van der Waals surface area contributed by atoms with Crippen molar-refractivity contribution < 1.29 is 0 Å². The second kappa shape index (κ2) is 7.13. The molecule has 1 aliphatic carbocycles. The summed E-state index contributed by atoms with van der Waals surface area (Å²) in [4.78, 5) is 0. The van der Waals surface area contributed by atoms with Crippen LogP contribution in [0.3, 0.4) is 0 Å². The predicted molar refractivity (Wildman–Crippen MR) is 95.7 cm³/mol. The van der Waals surface area contributed by atoms with Crippen LogP contribution in [0.15, 0.2) is 72.3 Å². The van der Waals surface area contributed by atoms with Crippen molar-refractivity contribution in [3.63, 3.8) is 0 Å². The van der Waals surface area contributed by atoms with E-state index in [2.05, 4.69) is 79.0 Å². The van der Waals surface area contributed by atoms with Gasteiger partial charge in [-0.25, -0.2) is 0 Å². The number of aryl methyl sites for hydroxylation is 2. The maximum Gasteiger partial charge on any atom is 0.0386 e. The van der Waals surface area contributed by atoms with Crippen LogP contribution in [0, 0.1) is 6.92 Å². The molecule has 2 aromatic carbocycles. The summed E-state index contributed by atoms with van der Waals surface area (Å²) in [5, 5.41) is 3.48. The highest BCUT2D eigenvalue weighted by Gasteiger charge is 2.02. The Morgan fingerprint density at radius 3 is 2.59 bits per heavy atom. The summed E-state index contributed by atoms with van der Waals surface area (Å²) >= 11 is 0. The fourth-order valence-electron chi connectivity index (χ4n) is 2.77. The van der Waals surface area contributed by atoms with Gasteiger partial charge in [-0.15, -0.1) is 0 Å². The van der Waals surface area contributed by atoms with Crippen LogP contribution in [0.25, 0.3) is 0 Å². The zero-order valence-corrected chi connectivity index (χ0v) is 13.2. The van der Waals surface area contributed by atoms with Crippen molar-refractivity contribution >= 4 is 11.4 Å². The minimum absolute atomic E-state index is 1.11. The molecule has 3 rings (SSSR count). The molecule has 0 spiro atoms. The van der Waals surface area contributed by atoms with E-state index in [0.29, 0.717) is 0 Å². The summed E-state index contributed by atoms with van der Waals surface area (Å²) < 4.78 is 0. The quantitative estimate of drug-likeness (QED) is 0.717. The zero-order chi connectivity index (χ0) is 15.2. The average molecular weight is 289 g/mol. The van der Waals surface area contributed by atoms with Gasteiger partial charge in [-0.2, -0.15) is 0 Å². The highest BCUT2D eigenvalue weighted by Crippen LogP contribution is 2.21. The Morgan fingerprint density at radius 1 is 0.955 bits per heavy atom. The Morgan fingerprint density at radius 2 is 1.82 bits per heavy atom. The topological polar surface area (TPSA) is 12.0 Å². The molecule has 112 valence electrons. The normalized spacial score (nSPS) is 13.8. The van der Waals surface area contributed by atoms with E-state index < -0.39 is 0 Å². The lowest BCUT2D eigenvalue weighted by Gasteiger charge is -2.11. The maximum atomic E-state index is 3.48. The third kappa shape index (κ3) is 4.11. The Kier molecular flexibility index (Phi) is 4.75. The first-order valence-electron chi connectivity index (χ1n) is 8.07. The third-order valence-corrected chi connectivity index (χ3v) is 4.10. The minimum atomic E-state index is 1.11. The van der Waals surface area contributed by atoms with E-state index in [4.69, 9.17) is 0 Å². The Labute approximate surface area is 133 Å². The molecule has 0 unspecified atom stereocenters. The molecule has 1 N–H and O–H groups in total. The molecule has 0 heterocycles. The summed E-state index contributed by atoms with van der Waals surface area (Å²) in [6.07, 6.45) is 11.4. The van der Waals surface area contributed by atoms with E-state index in [1.807, 2.05) is 0 Å². The highest BCUT2D eigenvalue weighted by atomic mass is 14.9. The summed E-state index contributed by atoms with van der Waals surface area (Å²) in [7, 11) is 0. The second-order valence-corrected chi connectivity index (χ2v) is 5.98. The van der Waals surface area contributed by atoms with Crippen molar-refractivity contribution in [2.45, 2.75) is 32.6 Å². The van der Waals surface area contributed by atoms with Crippen molar-refractivity contribution in [3.8, 4) is 0 Å². The van der Waals surface area contributed by atoms with Crippen molar-refractivity contribution in [1.29, 1.82) is 0 Å². The van der Waals surface area contributed by atoms with Crippen LogP contribution >= 0.6 is 0 Å². The van der Waals surface area contributed by atoms with Gasteiger partial charge in [0.05, 0.1) is 0 Å². The van der Waals surface area contributed by atoms with Gasteiger partial charge in [-0.3, -0.25) is 0 Å². The summed E-state index contributed by atoms with van der Waals surface area (Å²) in [6, 6.07) is 17.3. The van der Waals surface area contributed by atoms with Gasteiger partial charge in [0.1, 0.15) is 0 Å². The Bertz CT molecular complexity index is 677. The standard InChI is InChI=1S/C21H23N/c1-17-10-14-20(15-11-17)22-21-9-5-8-19(16-21)13-12-18-6-3-2-4-7-18/h2-3,5-6,8-11,14-16,22H,4,7,12-13H2,1H3. The molecule has 0 saturated heterocycles. The molecule has 0 atom stereocenters. The fourth-order valence-corrected chi connectivity index (χ4v) is 2.77. The zero-order valence-electron chi connectivity index (χ0n) is 13.2. The van der Waals surface area contributed by atoms with Gasteiger partial charge >= 0.3 is 0 Å². The molecule has 1 aliphatic rings. The minimum Gasteiger partial charge on any atom is -0.356 e. The van der Waals surface area contributed by atoms with Crippen molar-refractivity contribution in [1.82, 2.24) is 0 Å². The number of nitrogens with one attached hydrogen (secondary N) is 1. The lowest BCUT2D eigenvalue weighted by atomic mass is 9.98. The molecule has 0 fully saturated rings. The van der Waals surface area contributed by atoms with Crippen LogP contribution in [0.4, 0.5) is 11.4 Å². The average Bonchev–Trinajstić information content (AvgIpc) is 2.57. The fraction of sp³-hybridized carbons (Fsp3) is 0.238. The highest BCUT2D eigenvalue weighted by molar-refractivity contribution is 5.60. The molecule has 0 amide bonds. The van der Waals surface area contributed by atoms with E-state index >= 15 is 0 Å². The van der Waals surface area contributed by atoms with Crippen LogP contribution in [0.1, 0.15) is 30.4 Å². The largest absolute Gasteiger partial charge is 0.356 e. The monoisotopic (exact) mass is 289 g/mol. The van der Waals surface area contributed by atoms with Gasteiger partial charge < -0.3 is 5.32 Å². The Balaban J connectivity index is 1.63. The lowest BCUT2D eigenvalue weighted by molar-refractivity contribution is 0.840. The molecule has 0 aromatic heterocycles. The van der Waals surface area contributed by atoms with Gasteiger partial charge in [-0.05, 0) is 62.4 Å². The summed E-state index contributed by atoms with van der Waals surface area (Å²) in [5.74, 6) is 0. The van der Waals surface area contributed by atoms with Crippen LogP contribution in [-0.2, 0) is 6.42 Å². The van der Waals surface area contributed by atoms with E-state index in [1.165, 1.54) is 36.1 Å². The van der Waals surface area contributed by atoms with Crippen LogP contribution < -0.4 is 5.32 Å². The molecule has 0 saturated carbocycles. The first kappa shape index (κ1) is 14.6. The number of benzene rings is 2. The van der Waals surface area contributed by atoms with Gasteiger partial charge in [0.2, 0.25) is 0 Å². The number of rotatable bonds is 5.